The molecule has 0 heterocycles. The largest absolute Gasteiger partial charge is 0.384 e. The van der Waals surface area contributed by atoms with Crippen molar-refractivity contribution in [2.24, 2.45) is 0 Å². The highest BCUT2D eigenvalue weighted by Crippen LogP contribution is 2.25. The standard InChI is InChI=1S/C10H13Br2NO2S/c1-16(14,15)6-2-5-13-10-4-3-8(11)7-9(10)12/h3-4,7,13H,2,5-6H2,1H3. The lowest BCUT2D eigenvalue weighted by Crippen LogP contribution is -2.09. The molecule has 6 heteroatoms. The molecule has 16 heavy (non-hydrogen) atoms. The molecular weight excluding hydrogens is 358 g/mol. The number of anilines is 1. The lowest BCUT2D eigenvalue weighted by molar-refractivity contribution is 0.600. The summed E-state index contributed by atoms with van der Waals surface area (Å²) in [6.45, 7) is 0.646. The van der Waals surface area contributed by atoms with Crippen LogP contribution in [-0.4, -0.2) is 27.0 Å². The summed E-state index contributed by atoms with van der Waals surface area (Å²) in [5.41, 5.74) is 0.969. The Labute approximate surface area is 113 Å². The second-order valence-corrected chi connectivity index (χ2v) is 7.56. The first-order valence-electron chi connectivity index (χ1n) is 4.75. The van der Waals surface area contributed by atoms with Crippen LogP contribution in [0.4, 0.5) is 5.69 Å². The predicted molar refractivity (Wildman–Crippen MR) is 74.7 cm³/mol. The Kier molecular flexibility index (Phi) is 5.27. The van der Waals surface area contributed by atoms with E-state index in [2.05, 4.69) is 37.2 Å². The van der Waals surface area contributed by atoms with Crippen molar-refractivity contribution in [3.8, 4) is 0 Å². The van der Waals surface area contributed by atoms with Crippen LogP contribution in [0.1, 0.15) is 6.42 Å². The molecule has 0 aliphatic heterocycles. The van der Waals surface area contributed by atoms with Crippen molar-refractivity contribution in [2.75, 3.05) is 23.9 Å². The van der Waals surface area contributed by atoms with Crippen molar-refractivity contribution in [1.29, 1.82) is 0 Å². The van der Waals surface area contributed by atoms with E-state index in [0.717, 1.165) is 14.6 Å². The lowest BCUT2D eigenvalue weighted by Gasteiger charge is -2.08. The zero-order valence-electron chi connectivity index (χ0n) is 8.83. The molecule has 90 valence electrons. The number of hydrogen-bond donors (Lipinski definition) is 1. The summed E-state index contributed by atoms with van der Waals surface area (Å²) in [5, 5.41) is 3.18. The van der Waals surface area contributed by atoms with Gasteiger partial charge in [-0.05, 0) is 40.5 Å². The summed E-state index contributed by atoms with van der Waals surface area (Å²) in [5.74, 6) is 0.216. The highest BCUT2D eigenvalue weighted by molar-refractivity contribution is 9.11. The summed E-state index contributed by atoms with van der Waals surface area (Å²) < 4.78 is 23.8. The molecule has 0 aromatic heterocycles. The fraction of sp³-hybridized carbons (Fsp3) is 0.400. The van der Waals surface area contributed by atoms with Crippen LogP contribution in [-0.2, 0) is 9.84 Å². The number of sulfone groups is 1. The fourth-order valence-electron chi connectivity index (χ4n) is 1.19. The number of benzene rings is 1. The summed E-state index contributed by atoms with van der Waals surface area (Å²) >= 11 is 6.80. The second kappa shape index (κ2) is 6.02. The lowest BCUT2D eigenvalue weighted by atomic mass is 10.3. The van der Waals surface area contributed by atoms with Gasteiger partial charge in [0, 0.05) is 27.4 Å². The number of nitrogens with one attached hydrogen (secondary N) is 1. The van der Waals surface area contributed by atoms with E-state index in [0.29, 0.717) is 13.0 Å². The van der Waals surface area contributed by atoms with Gasteiger partial charge in [-0.15, -0.1) is 0 Å². The van der Waals surface area contributed by atoms with E-state index < -0.39 is 9.84 Å². The summed E-state index contributed by atoms with van der Waals surface area (Å²) in [4.78, 5) is 0. The minimum absolute atomic E-state index is 0.216. The quantitative estimate of drug-likeness (QED) is 0.810. The SMILES string of the molecule is CS(=O)(=O)CCCNc1ccc(Br)cc1Br. The highest BCUT2D eigenvalue weighted by Gasteiger charge is 2.02. The Hall–Kier alpha value is -0.0700. The Balaban J connectivity index is 2.43. The molecule has 0 atom stereocenters. The van der Waals surface area contributed by atoms with Crippen LogP contribution < -0.4 is 5.32 Å². The molecule has 0 saturated heterocycles. The van der Waals surface area contributed by atoms with E-state index >= 15 is 0 Å². The molecule has 0 aliphatic carbocycles. The van der Waals surface area contributed by atoms with E-state index in [1.807, 2.05) is 18.2 Å². The molecule has 1 aromatic carbocycles. The van der Waals surface area contributed by atoms with Gasteiger partial charge in [0.25, 0.3) is 0 Å². The van der Waals surface area contributed by atoms with Crippen LogP contribution in [0.3, 0.4) is 0 Å². The van der Waals surface area contributed by atoms with Crippen molar-refractivity contribution < 1.29 is 8.42 Å². The van der Waals surface area contributed by atoms with Gasteiger partial charge in [-0.2, -0.15) is 0 Å². The van der Waals surface area contributed by atoms with Gasteiger partial charge in [0.1, 0.15) is 9.84 Å². The average molecular weight is 371 g/mol. The summed E-state index contributed by atoms with van der Waals surface area (Å²) in [7, 11) is -2.85. The molecule has 1 aromatic rings. The zero-order valence-corrected chi connectivity index (χ0v) is 12.8. The molecule has 0 bridgehead atoms. The van der Waals surface area contributed by atoms with Gasteiger partial charge < -0.3 is 5.32 Å². The molecule has 0 aliphatic rings. The molecule has 0 amide bonds. The molecule has 1 rings (SSSR count). The third-order valence-corrected chi connectivity index (χ3v) is 4.12. The zero-order chi connectivity index (χ0) is 12.2. The van der Waals surface area contributed by atoms with Gasteiger partial charge in [0.15, 0.2) is 0 Å². The maximum Gasteiger partial charge on any atom is 0.147 e. The van der Waals surface area contributed by atoms with Gasteiger partial charge in [-0.3, -0.25) is 0 Å². The first kappa shape index (κ1) is 14.0. The van der Waals surface area contributed by atoms with Gasteiger partial charge in [0.05, 0.1) is 5.75 Å². The second-order valence-electron chi connectivity index (χ2n) is 3.53. The van der Waals surface area contributed by atoms with E-state index in [4.69, 9.17) is 0 Å². The Morgan fingerprint density at radius 3 is 2.56 bits per heavy atom. The van der Waals surface area contributed by atoms with Crippen LogP contribution in [0.25, 0.3) is 0 Å². The van der Waals surface area contributed by atoms with E-state index in [-0.39, 0.29) is 5.75 Å². The van der Waals surface area contributed by atoms with Crippen molar-refractivity contribution in [2.45, 2.75) is 6.42 Å². The molecule has 0 unspecified atom stereocenters. The van der Waals surface area contributed by atoms with Crippen molar-refractivity contribution >= 4 is 47.4 Å². The van der Waals surface area contributed by atoms with Crippen LogP contribution in [0.5, 0.6) is 0 Å². The molecule has 1 N–H and O–H groups in total. The maximum atomic E-state index is 10.9. The Morgan fingerprint density at radius 1 is 1.31 bits per heavy atom. The van der Waals surface area contributed by atoms with Crippen LogP contribution >= 0.6 is 31.9 Å². The normalized spacial score (nSPS) is 11.4. The van der Waals surface area contributed by atoms with Crippen molar-refractivity contribution in [1.82, 2.24) is 0 Å². The van der Waals surface area contributed by atoms with Crippen LogP contribution in [0.2, 0.25) is 0 Å². The first-order valence-corrected chi connectivity index (χ1v) is 8.40. The fourth-order valence-corrected chi connectivity index (χ4v) is 3.05. The maximum absolute atomic E-state index is 10.9. The topological polar surface area (TPSA) is 46.2 Å². The first-order chi connectivity index (χ1) is 7.38. The Bertz CT molecular complexity index is 460. The van der Waals surface area contributed by atoms with Crippen LogP contribution in [0.15, 0.2) is 27.1 Å². The predicted octanol–water partition coefficient (Wildman–Crippen LogP) is 3.06. The molecule has 0 radical (unpaired) electrons. The van der Waals surface area contributed by atoms with E-state index in [9.17, 15) is 8.42 Å². The number of rotatable bonds is 5. The van der Waals surface area contributed by atoms with Gasteiger partial charge >= 0.3 is 0 Å². The third-order valence-electron chi connectivity index (χ3n) is 1.94. The van der Waals surface area contributed by atoms with Gasteiger partial charge in [0.2, 0.25) is 0 Å². The monoisotopic (exact) mass is 369 g/mol. The van der Waals surface area contributed by atoms with E-state index in [1.165, 1.54) is 6.26 Å². The minimum atomic E-state index is -2.85. The summed E-state index contributed by atoms with van der Waals surface area (Å²) in [6, 6.07) is 5.82. The molecule has 0 fully saturated rings. The minimum Gasteiger partial charge on any atom is -0.384 e. The smallest absolute Gasteiger partial charge is 0.147 e. The van der Waals surface area contributed by atoms with Gasteiger partial charge in [-0.25, -0.2) is 8.42 Å². The van der Waals surface area contributed by atoms with E-state index in [1.54, 1.807) is 0 Å². The van der Waals surface area contributed by atoms with Gasteiger partial charge in [-0.1, -0.05) is 15.9 Å². The van der Waals surface area contributed by atoms with Crippen molar-refractivity contribution in [3.05, 3.63) is 27.1 Å². The highest BCUT2D eigenvalue weighted by atomic mass is 79.9. The molecule has 0 saturated carbocycles. The number of halogens is 2. The molecular formula is C10H13Br2NO2S. The third kappa shape index (κ3) is 5.32. The Morgan fingerprint density at radius 2 is 2.00 bits per heavy atom. The number of hydrogen-bond acceptors (Lipinski definition) is 3. The average Bonchev–Trinajstić information content (AvgIpc) is 2.13. The van der Waals surface area contributed by atoms with Crippen LogP contribution in [0, 0.1) is 0 Å². The molecule has 0 spiro atoms. The molecule has 3 nitrogen and oxygen atoms in total. The summed E-state index contributed by atoms with van der Waals surface area (Å²) in [6.07, 6.45) is 1.86. The van der Waals surface area contributed by atoms with Crippen molar-refractivity contribution in [3.63, 3.8) is 0 Å².